The first-order valence-electron chi connectivity index (χ1n) is 6.66. The topological polar surface area (TPSA) is 124 Å². The Kier molecular flexibility index (Phi) is 4.12. The van der Waals surface area contributed by atoms with E-state index >= 15 is 0 Å². The van der Waals surface area contributed by atoms with Gasteiger partial charge in [-0.15, -0.1) is 0 Å². The Morgan fingerprint density at radius 2 is 1.90 bits per heavy atom. The fourth-order valence-electron chi connectivity index (χ4n) is 2.82. The fourth-order valence-corrected chi connectivity index (χ4v) is 2.82. The number of aliphatic hydroxyl groups is 1. The van der Waals surface area contributed by atoms with Crippen molar-refractivity contribution < 1.29 is 24.6 Å². The number of hydrogen-bond acceptors (Lipinski definition) is 4. The SMILES string of the molecule is NC(=O)C1CCCN(C(=O)N2C[C@@H](O)C[C@H]2C(=O)O)C1. The summed E-state index contributed by atoms with van der Waals surface area (Å²) in [5, 5.41) is 18.6. The van der Waals surface area contributed by atoms with Crippen LogP contribution in [0.4, 0.5) is 4.79 Å². The number of carboxylic acid groups (broad SMARTS) is 1. The van der Waals surface area contributed by atoms with Crippen molar-refractivity contribution in [2.45, 2.75) is 31.4 Å². The number of aliphatic carboxylic acids is 1. The summed E-state index contributed by atoms with van der Waals surface area (Å²) in [6.45, 7) is 0.697. The lowest BCUT2D eigenvalue weighted by Crippen LogP contribution is -2.52. The second-order valence-electron chi connectivity index (χ2n) is 5.37. The van der Waals surface area contributed by atoms with Crippen LogP contribution in [0.5, 0.6) is 0 Å². The Morgan fingerprint density at radius 1 is 1.20 bits per heavy atom. The zero-order valence-electron chi connectivity index (χ0n) is 11.1. The van der Waals surface area contributed by atoms with Gasteiger partial charge in [-0.3, -0.25) is 4.79 Å². The average molecular weight is 285 g/mol. The molecule has 0 aromatic heterocycles. The van der Waals surface area contributed by atoms with Gasteiger partial charge in [-0.1, -0.05) is 0 Å². The number of piperidine rings is 1. The molecule has 2 rings (SSSR count). The summed E-state index contributed by atoms with van der Waals surface area (Å²) in [5.74, 6) is -1.96. The second kappa shape index (κ2) is 5.66. The number of β-amino-alcohol motifs (C(OH)–C–C–N with tert-alkyl or cyclic N) is 1. The molecule has 1 unspecified atom stereocenters. The van der Waals surface area contributed by atoms with Gasteiger partial charge in [0.15, 0.2) is 0 Å². The van der Waals surface area contributed by atoms with Crippen molar-refractivity contribution in [3.8, 4) is 0 Å². The maximum Gasteiger partial charge on any atom is 0.326 e. The molecule has 0 aromatic carbocycles. The highest BCUT2D eigenvalue weighted by Crippen LogP contribution is 2.23. The summed E-state index contributed by atoms with van der Waals surface area (Å²) in [7, 11) is 0. The summed E-state index contributed by atoms with van der Waals surface area (Å²) in [6.07, 6.45) is 0.517. The lowest BCUT2D eigenvalue weighted by Gasteiger charge is -2.35. The third-order valence-corrected chi connectivity index (χ3v) is 3.90. The Morgan fingerprint density at radius 3 is 2.50 bits per heavy atom. The standard InChI is InChI=1S/C12H19N3O5/c13-10(17)7-2-1-3-14(5-7)12(20)15-6-8(16)4-9(15)11(18)19/h7-9,16H,1-6H2,(H2,13,17)(H,18,19)/t7?,8-,9-/m0/s1. The van der Waals surface area contributed by atoms with Gasteiger partial charge < -0.3 is 25.7 Å². The van der Waals surface area contributed by atoms with Crippen LogP contribution in [-0.4, -0.2) is 69.7 Å². The predicted molar refractivity (Wildman–Crippen MR) is 67.6 cm³/mol. The number of urea groups is 1. The number of carbonyl (C=O) groups is 3. The first kappa shape index (κ1) is 14.6. The molecule has 3 atom stereocenters. The molecule has 0 spiro atoms. The van der Waals surface area contributed by atoms with E-state index in [9.17, 15) is 19.5 Å². The molecule has 2 aliphatic rings. The molecule has 2 saturated heterocycles. The lowest BCUT2D eigenvalue weighted by molar-refractivity contribution is -0.141. The molecule has 0 radical (unpaired) electrons. The summed E-state index contributed by atoms with van der Waals surface area (Å²) >= 11 is 0. The number of carbonyl (C=O) groups excluding carboxylic acids is 2. The highest BCUT2D eigenvalue weighted by atomic mass is 16.4. The smallest absolute Gasteiger partial charge is 0.326 e. The normalized spacial score (nSPS) is 30.4. The van der Waals surface area contributed by atoms with E-state index in [1.807, 2.05) is 0 Å². The fraction of sp³-hybridized carbons (Fsp3) is 0.750. The van der Waals surface area contributed by atoms with Gasteiger partial charge in [0, 0.05) is 26.1 Å². The number of hydrogen-bond donors (Lipinski definition) is 3. The van der Waals surface area contributed by atoms with Crippen LogP contribution in [0, 0.1) is 5.92 Å². The van der Waals surface area contributed by atoms with Crippen LogP contribution in [0.25, 0.3) is 0 Å². The van der Waals surface area contributed by atoms with Crippen molar-refractivity contribution in [2.75, 3.05) is 19.6 Å². The molecular weight excluding hydrogens is 266 g/mol. The van der Waals surface area contributed by atoms with Gasteiger partial charge in [-0.2, -0.15) is 0 Å². The molecule has 2 heterocycles. The molecule has 2 fully saturated rings. The van der Waals surface area contributed by atoms with Crippen LogP contribution in [0.15, 0.2) is 0 Å². The van der Waals surface area contributed by atoms with Crippen molar-refractivity contribution in [3.05, 3.63) is 0 Å². The molecular formula is C12H19N3O5. The Labute approximate surface area is 116 Å². The minimum absolute atomic E-state index is 0.00748. The number of rotatable bonds is 2. The van der Waals surface area contributed by atoms with Gasteiger partial charge in [-0.05, 0) is 12.8 Å². The van der Waals surface area contributed by atoms with Crippen molar-refractivity contribution in [1.29, 1.82) is 0 Å². The van der Waals surface area contributed by atoms with E-state index < -0.39 is 30.1 Å². The first-order valence-corrected chi connectivity index (χ1v) is 6.66. The summed E-state index contributed by atoms with van der Waals surface area (Å²) < 4.78 is 0. The minimum atomic E-state index is -1.13. The van der Waals surface area contributed by atoms with Crippen molar-refractivity contribution in [2.24, 2.45) is 11.7 Å². The summed E-state index contributed by atoms with van der Waals surface area (Å²) in [5.41, 5.74) is 5.26. The van der Waals surface area contributed by atoms with Crippen LogP contribution in [0.1, 0.15) is 19.3 Å². The molecule has 8 nitrogen and oxygen atoms in total. The molecule has 0 aromatic rings. The number of nitrogens with zero attached hydrogens (tertiary/aromatic N) is 2. The van der Waals surface area contributed by atoms with Gasteiger partial charge in [0.1, 0.15) is 6.04 Å². The van der Waals surface area contributed by atoms with E-state index in [1.54, 1.807) is 0 Å². The third-order valence-electron chi connectivity index (χ3n) is 3.90. The second-order valence-corrected chi connectivity index (χ2v) is 5.37. The Bertz CT molecular complexity index is 427. The predicted octanol–water partition coefficient (Wildman–Crippen LogP) is -1.18. The molecule has 3 amide bonds. The summed E-state index contributed by atoms with van der Waals surface area (Å²) in [4.78, 5) is 37.3. The minimum Gasteiger partial charge on any atom is -0.480 e. The Hall–Kier alpha value is -1.83. The Balaban J connectivity index is 2.06. The number of carboxylic acids is 1. The van der Waals surface area contributed by atoms with Gasteiger partial charge in [0.2, 0.25) is 5.91 Å². The van der Waals surface area contributed by atoms with Crippen LogP contribution in [0.3, 0.4) is 0 Å². The van der Waals surface area contributed by atoms with Crippen LogP contribution < -0.4 is 5.73 Å². The van der Waals surface area contributed by atoms with E-state index in [2.05, 4.69) is 0 Å². The molecule has 0 saturated carbocycles. The van der Waals surface area contributed by atoms with Crippen LogP contribution >= 0.6 is 0 Å². The van der Waals surface area contributed by atoms with Crippen molar-refractivity contribution in [3.63, 3.8) is 0 Å². The van der Waals surface area contributed by atoms with E-state index in [4.69, 9.17) is 10.8 Å². The molecule has 20 heavy (non-hydrogen) atoms. The number of aliphatic hydroxyl groups excluding tert-OH is 1. The van der Waals surface area contributed by atoms with Gasteiger partial charge in [-0.25, -0.2) is 9.59 Å². The van der Waals surface area contributed by atoms with Gasteiger partial charge in [0.25, 0.3) is 0 Å². The first-order chi connectivity index (χ1) is 9.40. The number of primary amides is 1. The van der Waals surface area contributed by atoms with E-state index in [1.165, 1.54) is 4.90 Å². The number of nitrogens with two attached hydrogens (primary N) is 1. The quantitative estimate of drug-likeness (QED) is 0.589. The van der Waals surface area contributed by atoms with E-state index in [0.29, 0.717) is 19.4 Å². The van der Waals surface area contributed by atoms with Crippen LogP contribution in [-0.2, 0) is 9.59 Å². The highest BCUT2D eigenvalue weighted by molar-refractivity contribution is 5.84. The molecule has 4 N–H and O–H groups in total. The molecule has 112 valence electrons. The van der Waals surface area contributed by atoms with Crippen molar-refractivity contribution >= 4 is 17.9 Å². The lowest BCUT2D eigenvalue weighted by atomic mass is 9.98. The van der Waals surface area contributed by atoms with Gasteiger partial charge >= 0.3 is 12.0 Å². The average Bonchev–Trinajstić information content (AvgIpc) is 2.80. The molecule has 0 bridgehead atoms. The zero-order chi connectivity index (χ0) is 14.9. The van der Waals surface area contributed by atoms with Gasteiger partial charge in [0.05, 0.1) is 12.0 Å². The van der Waals surface area contributed by atoms with E-state index in [0.717, 1.165) is 4.90 Å². The molecule has 2 aliphatic heterocycles. The van der Waals surface area contributed by atoms with Crippen molar-refractivity contribution in [1.82, 2.24) is 9.80 Å². The maximum absolute atomic E-state index is 12.4. The largest absolute Gasteiger partial charge is 0.480 e. The zero-order valence-corrected chi connectivity index (χ0v) is 11.1. The molecule has 0 aliphatic carbocycles. The molecule has 8 heteroatoms. The monoisotopic (exact) mass is 285 g/mol. The number of amides is 3. The highest BCUT2D eigenvalue weighted by Gasteiger charge is 2.41. The van der Waals surface area contributed by atoms with E-state index in [-0.39, 0.29) is 25.4 Å². The van der Waals surface area contributed by atoms with Crippen LogP contribution in [0.2, 0.25) is 0 Å². The summed E-state index contributed by atoms with van der Waals surface area (Å²) in [6, 6.07) is -1.45. The third kappa shape index (κ3) is 2.84. The number of likely N-dealkylation sites (tertiary alicyclic amines) is 2. The maximum atomic E-state index is 12.4.